The van der Waals surface area contributed by atoms with Crippen molar-refractivity contribution in [2.75, 3.05) is 0 Å². The van der Waals surface area contributed by atoms with Crippen molar-refractivity contribution in [3.05, 3.63) is 36.5 Å². The lowest BCUT2D eigenvalue weighted by molar-refractivity contribution is -0.256. The van der Waals surface area contributed by atoms with Gasteiger partial charge in [0.15, 0.2) is 0 Å². The first kappa shape index (κ1) is 30.1. The monoisotopic (exact) mass is 534 g/mol. The summed E-state index contributed by atoms with van der Waals surface area (Å²) in [5, 5.41) is 22.8. The van der Waals surface area contributed by atoms with Gasteiger partial charge >= 0.3 is 17.9 Å². The number of ether oxygens (including phenoxy) is 4. The van der Waals surface area contributed by atoms with E-state index in [0.717, 1.165) is 0 Å². The van der Waals surface area contributed by atoms with Gasteiger partial charge in [0.05, 0.1) is 23.5 Å². The first-order valence-electron chi connectivity index (χ1n) is 13.3. The number of carbonyl (C=O) groups excluding carboxylic acids is 3. The third-order valence-electron chi connectivity index (χ3n) is 9.00. The van der Waals surface area contributed by atoms with Gasteiger partial charge in [-0.15, -0.1) is 0 Å². The van der Waals surface area contributed by atoms with Crippen molar-refractivity contribution in [3.63, 3.8) is 0 Å². The van der Waals surface area contributed by atoms with Crippen LogP contribution in [0.3, 0.4) is 0 Å². The second-order valence-corrected chi connectivity index (χ2v) is 11.3. The Morgan fingerprint density at radius 2 is 1.84 bits per heavy atom. The van der Waals surface area contributed by atoms with Gasteiger partial charge in [-0.25, -0.2) is 0 Å². The maximum Gasteiger partial charge on any atom is 0.309 e. The normalized spacial score (nSPS) is 37.5. The second kappa shape index (κ2) is 11.3. The molecule has 9 nitrogen and oxygen atoms in total. The quantitative estimate of drug-likeness (QED) is 0.197. The van der Waals surface area contributed by atoms with Crippen molar-refractivity contribution >= 4 is 17.9 Å². The molecular formula is C29H42O9. The van der Waals surface area contributed by atoms with Crippen molar-refractivity contribution in [3.8, 4) is 0 Å². The van der Waals surface area contributed by atoms with E-state index in [1.54, 1.807) is 13.0 Å². The number of aliphatic hydroxyl groups is 2. The Hall–Kier alpha value is -2.49. The van der Waals surface area contributed by atoms with Gasteiger partial charge in [0.1, 0.15) is 6.10 Å². The first-order valence-corrected chi connectivity index (χ1v) is 13.3. The molecule has 0 aromatic carbocycles. The Morgan fingerprint density at radius 1 is 1.21 bits per heavy atom. The van der Waals surface area contributed by atoms with Crippen LogP contribution in [-0.4, -0.2) is 59.0 Å². The average Bonchev–Trinajstić information content (AvgIpc) is 3.13. The molecule has 1 heterocycles. The highest BCUT2D eigenvalue weighted by molar-refractivity contribution is 5.72. The predicted molar refractivity (Wildman–Crippen MR) is 138 cm³/mol. The van der Waals surface area contributed by atoms with Gasteiger partial charge in [-0.1, -0.05) is 46.9 Å². The van der Waals surface area contributed by atoms with Gasteiger partial charge in [-0.2, -0.15) is 0 Å². The molecule has 0 unspecified atom stereocenters. The zero-order chi connectivity index (χ0) is 28.6. The van der Waals surface area contributed by atoms with E-state index >= 15 is 0 Å². The van der Waals surface area contributed by atoms with Crippen LogP contribution in [0.1, 0.15) is 67.2 Å². The Balaban J connectivity index is 2.22. The largest absolute Gasteiger partial charge is 0.458 e. The summed E-state index contributed by atoms with van der Waals surface area (Å²) in [5.41, 5.74) is -1.10. The summed E-state index contributed by atoms with van der Waals surface area (Å²) in [7, 11) is 0. The lowest BCUT2D eigenvalue weighted by Crippen LogP contribution is -2.63. The van der Waals surface area contributed by atoms with Crippen LogP contribution in [0.25, 0.3) is 0 Å². The molecule has 38 heavy (non-hydrogen) atoms. The molecule has 1 spiro atoms. The van der Waals surface area contributed by atoms with E-state index < -0.39 is 59.6 Å². The molecule has 0 aromatic rings. The number of carbonyl (C=O) groups is 3. The van der Waals surface area contributed by atoms with Gasteiger partial charge in [0, 0.05) is 19.4 Å². The van der Waals surface area contributed by atoms with Crippen molar-refractivity contribution in [1.82, 2.24) is 0 Å². The summed E-state index contributed by atoms with van der Waals surface area (Å²) >= 11 is 0. The zero-order valence-electron chi connectivity index (χ0n) is 23.3. The lowest BCUT2D eigenvalue weighted by Gasteiger charge is -2.60. The highest BCUT2D eigenvalue weighted by Crippen LogP contribution is 2.67. The van der Waals surface area contributed by atoms with Gasteiger partial charge in [0.2, 0.25) is 12.6 Å². The molecule has 0 aromatic heterocycles. The van der Waals surface area contributed by atoms with Gasteiger partial charge in [-0.05, 0) is 54.6 Å². The molecule has 10 atom stereocenters. The van der Waals surface area contributed by atoms with Crippen molar-refractivity contribution in [2.45, 2.75) is 98.1 Å². The number of aliphatic hydroxyl groups excluding tert-OH is 2. The van der Waals surface area contributed by atoms with Crippen LogP contribution in [0.5, 0.6) is 0 Å². The molecule has 3 aliphatic rings. The molecule has 1 saturated carbocycles. The highest BCUT2D eigenvalue weighted by Gasteiger charge is 2.71. The molecule has 0 amide bonds. The van der Waals surface area contributed by atoms with Crippen LogP contribution in [-0.2, 0) is 33.3 Å². The van der Waals surface area contributed by atoms with E-state index in [9.17, 15) is 24.6 Å². The SMILES string of the molecule is C=CC(=C)[C@@H](O)C[C@]1(C)[C@H]2C[C@H](OC(=O)[C@H](C)CC)C=C3[C@H](OC(C)=O)O[C@H](OC(C)=O)[C@@]32[C@H](O)C[C@@H]1C. The average molecular weight is 535 g/mol. The first-order chi connectivity index (χ1) is 17.7. The van der Waals surface area contributed by atoms with E-state index in [1.807, 2.05) is 20.8 Å². The van der Waals surface area contributed by atoms with Crippen LogP contribution in [0.15, 0.2) is 36.5 Å². The molecule has 0 bridgehead atoms. The van der Waals surface area contributed by atoms with Crippen LogP contribution >= 0.6 is 0 Å². The summed E-state index contributed by atoms with van der Waals surface area (Å²) in [5.74, 6) is -2.53. The molecule has 1 aliphatic heterocycles. The van der Waals surface area contributed by atoms with Crippen LogP contribution in [0.2, 0.25) is 0 Å². The number of rotatable bonds is 9. The summed E-state index contributed by atoms with van der Waals surface area (Å²) in [6.07, 6.45) is -0.516. The van der Waals surface area contributed by atoms with Gasteiger partial charge in [0.25, 0.3) is 0 Å². The lowest BCUT2D eigenvalue weighted by atomic mass is 9.44. The van der Waals surface area contributed by atoms with E-state index in [0.29, 0.717) is 24.0 Å². The molecule has 0 radical (unpaired) electrons. The minimum absolute atomic E-state index is 0.101. The van der Waals surface area contributed by atoms with Gasteiger partial charge < -0.3 is 24.4 Å². The predicted octanol–water partition coefficient (Wildman–Crippen LogP) is 3.59. The molecule has 3 rings (SSSR count). The molecule has 9 heteroatoms. The molecule has 1 saturated heterocycles. The molecule has 212 valence electrons. The van der Waals surface area contributed by atoms with Crippen LogP contribution in [0.4, 0.5) is 0 Å². The number of esters is 3. The summed E-state index contributed by atoms with van der Waals surface area (Å²) in [4.78, 5) is 37.0. The highest BCUT2D eigenvalue weighted by atomic mass is 16.8. The fourth-order valence-electron chi connectivity index (χ4n) is 6.52. The van der Waals surface area contributed by atoms with Crippen molar-refractivity contribution in [2.24, 2.45) is 28.6 Å². The summed E-state index contributed by atoms with van der Waals surface area (Å²) < 4.78 is 23.1. The van der Waals surface area contributed by atoms with E-state index in [4.69, 9.17) is 18.9 Å². The third-order valence-corrected chi connectivity index (χ3v) is 9.00. The van der Waals surface area contributed by atoms with Crippen molar-refractivity contribution in [1.29, 1.82) is 0 Å². The molecule has 2 aliphatic carbocycles. The summed E-state index contributed by atoms with van der Waals surface area (Å²) in [6.45, 7) is 17.8. The fraction of sp³-hybridized carbons (Fsp3) is 0.690. The Labute approximate surface area is 224 Å². The maximum atomic E-state index is 12.8. The third kappa shape index (κ3) is 5.20. The zero-order valence-corrected chi connectivity index (χ0v) is 23.3. The topological polar surface area (TPSA) is 129 Å². The summed E-state index contributed by atoms with van der Waals surface area (Å²) in [6, 6.07) is 0. The standard InChI is InChI=1S/C29H42O9/c1-9-15(3)22(32)14-28(8)17(5)11-24(33)29-21(26(35-18(6)30)38-27(29)36-19(7)31)12-20(13-23(28)29)37-25(34)16(4)10-2/h9,12,16-17,20,22-24,26-27,32-33H,1,3,10-11,13-14H2,2,4-8H3/t16-,17+,20-,22+,23-,24-,26-,27+,28+,29+/m1/s1. The Bertz CT molecular complexity index is 1000. The molecule has 2 fully saturated rings. The number of hydrogen-bond acceptors (Lipinski definition) is 9. The van der Waals surface area contributed by atoms with E-state index in [1.165, 1.54) is 19.9 Å². The van der Waals surface area contributed by atoms with Crippen LogP contribution in [0, 0.1) is 28.6 Å². The Kier molecular flexibility index (Phi) is 8.95. The number of hydrogen-bond donors (Lipinski definition) is 2. The molecular weight excluding hydrogens is 492 g/mol. The van der Waals surface area contributed by atoms with Crippen molar-refractivity contribution < 1.29 is 43.5 Å². The van der Waals surface area contributed by atoms with Gasteiger partial charge in [-0.3, -0.25) is 19.1 Å². The minimum Gasteiger partial charge on any atom is -0.458 e. The second-order valence-electron chi connectivity index (χ2n) is 11.3. The fourth-order valence-corrected chi connectivity index (χ4v) is 6.52. The smallest absolute Gasteiger partial charge is 0.309 e. The van der Waals surface area contributed by atoms with E-state index in [-0.39, 0.29) is 30.6 Å². The van der Waals surface area contributed by atoms with Crippen LogP contribution < -0.4 is 0 Å². The minimum atomic E-state index is -1.29. The van der Waals surface area contributed by atoms with E-state index in [2.05, 4.69) is 13.2 Å². The maximum absolute atomic E-state index is 12.8. The Morgan fingerprint density at radius 3 is 2.39 bits per heavy atom. The molecule has 2 N–H and O–H groups in total.